The van der Waals surface area contributed by atoms with Gasteiger partial charge in [-0.3, -0.25) is 9.69 Å². The molecule has 2 aliphatic rings. The number of hydrogen-bond donors (Lipinski definition) is 2. The second kappa shape index (κ2) is 7.99. The first-order chi connectivity index (χ1) is 9.72. The van der Waals surface area contributed by atoms with E-state index in [1.54, 1.807) is 0 Å². The van der Waals surface area contributed by atoms with Crippen molar-refractivity contribution in [2.24, 2.45) is 5.92 Å². The highest BCUT2D eigenvalue weighted by Gasteiger charge is 2.28. The van der Waals surface area contributed by atoms with E-state index in [-0.39, 0.29) is 5.91 Å². The Labute approximate surface area is 123 Å². The van der Waals surface area contributed by atoms with Gasteiger partial charge >= 0.3 is 0 Å². The lowest BCUT2D eigenvalue weighted by molar-refractivity contribution is -0.123. The molecule has 1 aliphatic carbocycles. The predicted molar refractivity (Wildman–Crippen MR) is 82.7 cm³/mol. The third-order valence-corrected chi connectivity index (χ3v) is 5.05. The highest BCUT2D eigenvalue weighted by Crippen LogP contribution is 2.20. The largest absolute Gasteiger partial charge is 0.352 e. The van der Waals surface area contributed by atoms with Crippen LogP contribution < -0.4 is 10.6 Å². The molecule has 2 fully saturated rings. The molecule has 4 heteroatoms. The van der Waals surface area contributed by atoms with Gasteiger partial charge in [0.15, 0.2) is 0 Å². The van der Waals surface area contributed by atoms with Crippen LogP contribution in [0.15, 0.2) is 0 Å². The number of carbonyl (C=O) groups is 1. The van der Waals surface area contributed by atoms with Crippen LogP contribution in [0.25, 0.3) is 0 Å². The van der Waals surface area contributed by atoms with Crippen molar-refractivity contribution in [2.45, 2.75) is 64.0 Å². The number of carbonyl (C=O) groups excluding carboxylic acids is 1. The molecule has 0 radical (unpaired) electrons. The van der Waals surface area contributed by atoms with E-state index in [0.29, 0.717) is 24.5 Å². The fourth-order valence-corrected chi connectivity index (χ4v) is 3.77. The van der Waals surface area contributed by atoms with Crippen molar-refractivity contribution in [2.75, 3.05) is 26.7 Å². The quantitative estimate of drug-likeness (QED) is 0.807. The fourth-order valence-electron chi connectivity index (χ4n) is 3.77. The molecule has 2 unspecified atom stereocenters. The number of nitrogens with zero attached hydrogens (tertiary/aromatic N) is 1. The maximum atomic E-state index is 12.2. The Morgan fingerprint density at radius 3 is 2.60 bits per heavy atom. The number of amides is 1. The molecular weight excluding hydrogens is 250 g/mol. The average Bonchev–Trinajstić information content (AvgIpc) is 2.48. The lowest BCUT2D eigenvalue weighted by Gasteiger charge is -2.38. The molecule has 0 spiro atoms. The molecule has 0 bridgehead atoms. The monoisotopic (exact) mass is 281 g/mol. The fraction of sp³-hybridized carbons (Fsp3) is 0.938. The van der Waals surface area contributed by atoms with Crippen LogP contribution in [0.1, 0.15) is 51.9 Å². The minimum atomic E-state index is 0.231. The van der Waals surface area contributed by atoms with Gasteiger partial charge in [-0.1, -0.05) is 32.6 Å². The molecular formula is C16H31N3O. The van der Waals surface area contributed by atoms with E-state index in [2.05, 4.69) is 29.5 Å². The van der Waals surface area contributed by atoms with Gasteiger partial charge in [0, 0.05) is 25.2 Å². The van der Waals surface area contributed by atoms with Crippen LogP contribution in [0, 0.1) is 5.92 Å². The van der Waals surface area contributed by atoms with Crippen LogP contribution in [0.2, 0.25) is 0 Å². The van der Waals surface area contributed by atoms with E-state index >= 15 is 0 Å². The first-order valence-corrected chi connectivity index (χ1v) is 8.42. The van der Waals surface area contributed by atoms with Crippen LogP contribution in [-0.2, 0) is 4.79 Å². The van der Waals surface area contributed by atoms with Crippen LogP contribution in [0.5, 0.6) is 0 Å². The van der Waals surface area contributed by atoms with Gasteiger partial charge in [-0.2, -0.15) is 0 Å². The molecule has 20 heavy (non-hydrogen) atoms. The van der Waals surface area contributed by atoms with E-state index < -0.39 is 0 Å². The lowest BCUT2D eigenvalue weighted by Crippen LogP contribution is -2.51. The standard InChI is InChI=1S/C16H31N3O/c1-3-13-11-19(10-9-15(13)17-2)12-16(20)18-14-7-5-4-6-8-14/h13-15,17H,3-12H2,1-2H3,(H,18,20). The minimum absolute atomic E-state index is 0.231. The zero-order valence-electron chi connectivity index (χ0n) is 13.2. The van der Waals surface area contributed by atoms with Gasteiger partial charge in [0.05, 0.1) is 6.54 Å². The first kappa shape index (κ1) is 15.8. The van der Waals surface area contributed by atoms with E-state index in [1.807, 2.05) is 0 Å². The summed E-state index contributed by atoms with van der Waals surface area (Å²) in [6.07, 6.45) is 8.57. The summed E-state index contributed by atoms with van der Waals surface area (Å²) in [7, 11) is 2.05. The number of piperidine rings is 1. The molecule has 2 rings (SSSR count). The van der Waals surface area contributed by atoms with Gasteiger partial charge < -0.3 is 10.6 Å². The van der Waals surface area contributed by atoms with Crippen molar-refractivity contribution in [1.82, 2.24) is 15.5 Å². The molecule has 1 amide bonds. The summed E-state index contributed by atoms with van der Waals surface area (Å²) in [6.45, 7) is 4.93. The van der Waals surface area contributed by atoms with Crippen molar-refractivity contribution in [3.05, 3.63) is 0 Å². The average molecular weight is 281 g/mol. The number of nitrogens with one attached hydrogen (secondary N) is 2. The summed E-state index contributed by atoms with van der Waals surface area (Å²) in [5.41, 5.74) is 0. The molecule has 116 valence electrons. The zero-order valence-corrected chi connectivity index (χ0v) is 13.2. The van der Waals surface area contributed by atoms with E-state index in [4.69, 9.17) is 0 Å². The molecule has 0 aromatic carbocycles. The molecule has 2 atom stereocenters. The van der Waals surface area contributed by atoms with Crippen molar-refractivity contribution >= 4 is 5.91 Å². The van der Waals surface area contributed by atoms with Gasteiger partial charge in [-0.05, 0) is 32.2 Å². The van der Waals surface area contributed by atoms with Crippen LogP contribution >= 0.6 is 0 Å². The maximum Gasteiger partial charge on any atom is 0.234 e. The molecule has 1 aliphatic heterocycles. The smallest absolute Gasteiger partial charge is 0.234 e. The van der Waals surface area contributed by atoms with Crippen molar-refractivity contribution in [3.8, 4) is 0 Å². The third-order valence-electron chi connectivity index (χ3n) is 5.05. The van der Waals surface area contributed by atoms with E-state index in [1.165, 1.54) is 38.5 Å². The van der Waals surface area contributed by atoms with Gasteiger partial charge in [-0.25, -0.2) is 0 Å². The van der Waals surface area contributed by atoms with Crippen LogP contribution in [-0.4, -0.2) is 49.6 Å². The highest BCUT2D eigenvalue weighted by molar-refractivity contribution is 5.78. The van der Waals surface area contributed by atoms with Crippen molar-refractivity contribution in [1.29, 1.82) is 0 Å². The number of rotatable bonds is 5. The third kappa shape index (κ3) is 4.45. The van der Waals surface area contributed by atoms with Gasteiger partial charge in [0.1, 0.15) is 0 Å². The van der Waals surface area contributed by atoms with Crippen molar-refractivity contribution in [3.63, 3.8) is 0 Å². The second-order valence-corrected chi connectivity index (χ2v) is 6.49. The predicted octanol–water partition coefficient (Wildman–Crippen LogP) is 1.76. The number of likely N-dealkylation sites (tertiary alicyclic amines) is 1. The summed E-state index contributed by atoms with van der Waals surface area (Å²) in [5.74, 6) is 0.908. The molecule has 0 aromatic rings. The summed E-state index contributed by atoms with van der Waals surface area (Å²) in [5, 5.41) is 6.65. The van der Waals surface area contributed by atoms with Gasteiger partial charge in [0.2, 0.25) is 5.91 Å². The van der Waals surface area contributed by atoms with Crippen LogP contribution in [0.4, 0.5) is 0 Å². The minimum Gasteiger partial charge on any atom is -0.352 e. The summed E-state index contributed by atoms with van der Waals surface area (Å²) in [4.78, 5) is 14.5. The van der Waals surface area contributed by atoms with E-state index in [9.17, 15) is 4.79 Å². The lowest BCUT2D eigenvalue weighted by atomic mass is 9.90. The molecule has 2 N–H and O–H groups in total. The number of hydrogen-bond acceptors (Lipinski definition) is 3. The summed E-state index contributed by atoms with van der Waals surface area (Å²) < 4.78 is 0. The zero-order chi connectivity index (χ0) is 14.4. The van der Waals surface area contributed by atoms with Gasteiger partial charge in [-0.15, -0.1) is 0 Å². The Kier molecular flexibility index (Phi) is 6.30. The molecule has 4 nitrogen and oxygen atoms in total. The normalized spacial score (nSPS) is 29.3. The summed E-state index contributed by atoms with van der Waals surface area (Å²) >= 11 is 0. The first-order valence-electron chi connectivity index (χ1n) is 8.42. The topological polar surface area (TPSA) is 44.4 Å². The Morgan fingerprint density at radius 1 is 1.20 bits per heavy atom. The maximum absolute atomic E-state index is 12.2. The SMILES string of the molecule is CCC1CN(CC(=O)NC2CCCCC2)CCC1NC. The highest BCUT2D eigenvalue weighted by atomic mass is 16.2. The molecule has 0 aromatic heterocycles. The van der Waals surface area contributed by atoms with Crippen LogP contribution in [0.3, 0.4) is 0 Å². The van der Waals surface area contributed by atoms with Crippen molar-refractivity contribution < 1.29 is 4.79 Å². The summed E-state index contributed by atoms with van der Waals surface area (Å²) in [6, 6.07) is 1.06. The Morgan fingerprint density at radius 2 is 1.95 bits per heavy atom. The molecule has 1 saturated heterocycles. The Bertz CT molecular complexity index is 302. The Hall–Kier alpha value is -0.610. The Balaban J connectivity index is 1.73. The molecule has 1 saturated carbocycles. The molecule has 1 heterocycles. The van der Waals surface area contributed by atoms with E-state index in [0.717, 1.165) is 19.5 Å². The van der Waals surface area contributed by atoms with Gasteiger partial charge in [0.25, 0.3) is 0 Å². The second-order valence-electron chi connectivity index (χ2n) is 6.49.